The summed E-state index contributed by atoms with van der Waals surface area (Å²) in [4.78, 5) is 31.4. The third-order valence-corrected chi connectivity index (χ3v) is 4.50. The molecule has 0 radical (unpaired) electrons. The number of nitrogens with two attached hydrogens (primary N) is 1. The molecule has 2 aromatic heterocycles. The van der Waals surface area contributed by atoms with Crippen molar-refractivity contribution in [2.24, 2.45) is 5.73 Å². The number of amides is 1. The van der Waals surface area contributed by atoms with Gasteiger partial charge in [-0.1, -0.05) is 0 Å². The van der Waals surface area contributed by atoms with Crippen LogP contribution in [0.1, 0.15) is 29.6 Å². The Kier molecular flexibility index (Phi) is 4.97. The van der Waals surface area contributed by atoms with Gasteiger partial charge < -0.3 is 10.6 Å². The van der Waals surface area contributed by atoms with Crippen molar-refractivity contribution in [3.8, 4) is 0 Å². The Hall–Kier alpha value is -1.44. The van der Waals surface area contributed by atoms with Gasteiger partial charge in [-0.2, -0.15) is 0 Å². The minimum atomic E-state index is -0.303. The van der Waals surface area contributed by atoms with Crippen LogP contribution in [-0.4, -0.2) is 39.3 Å². The van der Waals surface area contributed by atoms with E-state index < -0.39 is 0 Å². The second-order valence-corrected chi connectivity index (χ2v) is 5.79. The minimum Gasteiger partial charge on any atom is -0.334 e. The van der Waals surface area contributed by atoms with E-state index >= 15 is 0 Å². The third-order valence-electron chi connectivity index (χ3n) is 3.73. The van der Waals surface area contributed by atoms with E-state index in [4.69, 9.17) is 5.73 Å². The highest BCUT2D eigenvalue weighted by Gasteiger charge is 2.28. The quantitative estimate of drug-likeness (QED) is 0.896. The van der Waals surface area contributed by atoms with E-state index in [-0.39, 0.29) is 35.5 Å². The largest absolute Gasteiger partial charge is 0.334 e. The Labute approximate surface area is 132 Å². The molecule has 2 aromatic rings. The van der Waals surface area contributed by atoms with E-state index in [2.05, 4.69) is 4.98 Å². The lowest BCUT2D eigenvalue weighted by Crippen LogP contribution is -2.48. The number of hydrogen-bond acceptors (Lipinski definition) is 5. The zero-order valence-electron chi connectivity index (χ0n) is 11.4. The first-order valence-electron chi connectivity index (χ1n) is 6.68. The number of thiazole rings is 1. The molecule has 1 aliphatic heterocycles. The topological polar surface area (TPSA) is 80.7 Å². The van der Waals surface area contributed by atoms with Crippen LogP contribution in [-0.2, 0) is 0 Å². The molecule has 2 N–H and O–H groups in total. The fraction of sp³-hybridized carbons (Fsp3) is 0.462. The summed E-state index contributed by atoms with van der Waals surface area (Å²) in [5, 5.41) is 1.78. The highest BCUT2D eigenvalue weighted by Crippen LogP contribution is 2.18. The second-order valence-electron chi connectivity index (χ2n) is 4.92. The van der Waals surface area contributed by atoms with E-state index in [1.165, 1.54) is 21.9 Å². The highest BCUT2D eigenvalue weighted by molar-refractivity contribution is 7.15. The molecule has 0 aromatic carbocycles. The van der Waals surface area contributed by atoms with Crippen LogP contribution < -0.4 is 11.3 Å². The molecule has 8 heteroatoms. The molecule has 114 valence electrons. The van der Waals surface area contributed by atoms with Crippen molar-refractivity contribution in [1.82, 2.24) is 14.3 Å². The summed E-state index contributed by atoms with van der Waals surface area (Å²) >= 11 is 1.37. The number of rotatable bonds is 2. The lowest BCUT2D eigenvalue weighted by atomic mass is 10.0. The van der Waals surface area contributed by atoms with Crippen LogP contribution in [0.25, 0.3) is 4.96 Å². The highest BCUT2D eigenvalue weighted by atomic mass is 35.5. The van der Waals surface area contributed by atoms with Crippen molar-refractivity contribution in [2.75, 3.05) is 13.1 Å². The SMILES string of the molecule is Cl.NCC1CCCCN1C(=O)c1cnc2sccn2c1=O. The summed E-state index contributed by atoms with van der Waals surface area (Å²) in [7, 11) is 0. The smallest absolute Gasteiger partial charge is 0.271 e. The Morgan fingerprint density at radius 2 is 2.29 bits per heavy atom. The number of carbonyl (C=O) groups excluding carboxylic acids is 1. The van der Waals surface area contributed by atoms with E-state index in [0.29, 0.717) is 18.1 Å². The van der Waals surface area contributed by atoms with E-state index in [1.54, 1.807) is 16.5 Å². The molecule has 1 fully saturated rings. The standard InChI is InChI=1S/C13H16N4O2S.ClH/c14-7-9-3-1-2-4-16(9)11(18)10-8-15-13-17(12(10)19)5-6-20-13;/h5-6,8-9H,1-4,7,14H2;1H. The van der Waals surface area contributed by atoms with Gasteiger partial charge in [-0.3, -0.25) is 14.0 Å². The average molecular weight is 329 g/mol. The van der Waals surface area contributed by atoms with Gasteiger partial charge in [-0.15, -0.1) is 23.7 Å². The summed E-state index contributed by atoms with van der Waals surface area (Å²) in [6.45, 7) is 1.09. The van der Waals surface area contributed by atoms with Crippen molar-refractivity contribution in [3.05, 3.63) is 33.7 Å². The van der Waals surface area contributed by atoms with Crippen molar-refractivity contribution in [1.29, 1.82) is 0 Å². The Bertz CT molecular complexity index is 699. The van der Waals surface area contributed by atoms with Gasteiger partial charge in [0.15, 0.2) is 4.96 Å². The summed E-state index contributed by atoms with van der Waals surface area (Å²) in [6.07, 6.45) is 5.96. The van der Waals surface area contributed by atoms with Crippen LogP contribution in [0.3, 0.4) is 0 Å². The fourth-order valence-corrected chi connectivity index (χ4v) is 3.31. The monoisotopic (exact) mass is 328 g/mol. The number of fused-ring (bicyclic) bond motifs is 1. The maximum absolute atomic E-state index is 12.6. The number of likely N-dealkylation sites (tertiary alicyclic amines) is 1. The minimum absolute atomic E-state index is 0. The number of nitrogens with zero attached hydrogens (tertiary/aromatic N) is 3. The molecular weight excluding hydrogens is 312 g/mol. The van der Waals surface area contributed by atoms with Crippen LogP contribution in [0.5, 0.6) is 0 Å². The van der Waals surface area contributed by atoms with Gasteiger partial charge in [0, 0.05) is 36.9 Å². The van der Waals surface area contributed by atoms with E-state index in [0.717, 1.165) is 19.3 Å². The number of aromatic nitrogens is 2. The van der Waals surface area contributed by atoms with Gasteiger partial charge in [-0.25, -0.2) is 4.98 Å². The Morgan fingerprint density at radius 1 is 1.48 bits per heavy atom. The molecule has 3 heterocycles. The maximum Gasteiger partial charge on any atom is 0.271 e. The number of hydrogen-bond donors (Lipinski definition) is 1. The molecule has 21 heavy (non-hydrogen) atoms. The van der Waals surface area contributed by atoms with Crippen molar-refractivity contribution < 1.29 is 4.79 Å². The molecule has 1 aliphatic rings. The zero-order chi connectivity index (χ0) is 14.1. The molecule has 1 amide bonds. The summed E-state index contributed by atoms with van der Waals surface area (Å²) in [5.74, 6) is -0.252. The van der Waals surface area contributed by atoms with Crippen molar-refractivity contribution in [2.45, 2.75) is 25.3 Å². The van der Waals surface area contributed by atoms with E-state index in [1.807, 2.05) is 0 Å². The van der Waals surface area contributed by atoms with Gasteiger partial charge in [0.05, 0.1) is 0 Å². The molecule has 0 aliphatic carbocycles. The number of halogens is 1. The van der Waals surface area contributed by atoms with Crippen LogP contribution in [0.15, 0.2) is 22.6 Å². The first-order chi connectivity index (χ1) is 9.72. The first-order valence-corrected chi connectivity index (χ1v) is 7.56. The van der Waals surface area contributed by atoms with Crippen LogP contribution in [0.2, 0.25) is 0 Å². The maximum atomic E-state index is 12.6. The average Bonchev–Trinajstić information content (AvgIpc) is 2.96. The van der Waals surface area contributed by atoms with Gasteiger partial charge in [0.25, 0.3) is 11.5 Å². The molecule has 0 bridgehead atoms. The molecule has 3 rings (SSSR count). The molecular formula is C13H17ClN4O2S. The molecule has 1 unspecified atom stereocenters. The van der Waals surface area contributed by atoms with Crippen LogP contribution >= 0.6 is 23.7 Å². The lowest BCUT2D eigenvalue weighted by molar-refractivity contribution is 0.0621. The Balaban J connectivity index is 0.00000161. The lowest BCUT2D eigenvalue weighted by Gasteiger charge is -2.34. The van der Waals surface area contributed by atoms with Crippen LogP contribution in [0.4, 0.5) is 0 Å². The summed E-state index contributed by atoms with van der Waals surface area (Å²) < 4.78 is 1.42. The van der Waals surface area contributed by atoms with Gasteiger partial charge >= 0.3 is 0 Å². The van der Waals surface area contributed by atoms with Gasteiger partial charge in [0.2, 0.25) is 0 Å². The zero-order valence-corrected chi connectivity index (χ0v) is 13.0. The fourth-order valence-electron chi connectivity index (χ4n) is 2.64. The normalized spacial score (nSPS) is 18.5. The number of carbonyl (C=O) groups is 1. The van der Waals surface area contributed by atoms with Gasteiger partial charge in [-0.05, 0) is 19.3 Å². The molecule has 0 saturated carbocycles. The van der Waals surface area contributed by atoms with Crippen molar-refractivity contribution in [3.63, 3.8) is 0 Å². The molecule has 0 spiro atoms. The molecule has 1 atom stereocenters. The third kappa shape index (κ3) is 2.81. The van der Waals surface area contributed by atoms with Gasteiger partial charge in [0.1, 0.15) is 5.56 Å². The predicted molar refractivity (Wildman–Crippen MR) is 84.3 cm³/mol. The van der Waals surface area contributed by atoms with Crippen molar-refractivity contribution >= 4 is 34.6 Å². The predicted octanol–water partition coefficient (Wildman–Crippen LogP) is 1.13. The number of piperidine rings is 1. The summed E-state index contributed by atoms with van der Waals surface area (Å²) in [6, 6.07) is 0.0267. The van der Waals surface area contributed by atoms with E-state index in [9.17, 15) is 9.59 Å². The molecule has 6 nitrogen and oxygen atoms in total. The molecule has 1 saturated heterocycles. The summed E-state index contributed by atoms with van der Waals surface area (Å²) in [5.41, 5.74) is 5.55. The second kappa shape index (κ2) is 6.55. The Morgan fingerprint density at radius 3 is 3.05 bits per heavy atom. The van der Waals surface area contributed by atoms with Crippen LogP contribution in [0, 0.1) is 0 Å². The first kappa shape index (κ1) is 15.9.